The average molecular weight is 376 g/mol. The Bertz CT molecular complexity index is 810. The van der Waals surface area contributed by atoms with Crippen molar-refractivity contribution in [1.29, 1.82) is 5.26 Å². The number of nitrogens with one attached hydrogen (secondary N) is 1. The van der Waals surface area contributed by atoms with Crippen LogP contribution in [0.15, 0.2) is 27.0 Å². The topological polar surface area (TPSA) is 99.2 Å². The number of anilines is 1. The molecule has 1 atom stereocenters. The Balaban J connectivity index is 1.58. The predicted octanol–water partition coefficient (Wildman–Crippen LogP) is 2.65. The molecule has 0 aliphatic carbocycles. The Morgan fingerprint density at radius 2 is 2.48 bits per heavy atom. The summed E-state index contributed by atoms with van der Waals surface area (Å²) >= 11 is 2.75. The van der Waals surface area contributed by atoms with E-state index in [0.717, 1.165) is 9.90 Å². The van der Waals surface area contributed by atoms with Gasteiger partial charge in [-0.15, -0.1) is 0 Å². The summed E-state index contributed by atoms with van der Waals surface area (Å²) in [5, 5.41) is 11.9. The van der Waals surface area contributed by atoms with Crippen LogP contribution in [-0.4, -0.2) is 34.0 Å². The summed E-state index contributed by atoms with van der Waals surface area (Å²) in [5.74, 6) is 0.374. The van der Waals surface area contributed by atoms with E-state index in [1.54, 1.807) is 23.3 Å². The third-order valence-corrected chi connectivity index (χ3v) is 6.07. The van der Waals surface area contributed by atoms with E-state index in [0.29, 0.717) is 29.7 Å². The summed E-state index contributed by atoms with van der Waals surface area (Å²) in [6.07, 6.45) is 1.75. The molecule has 0 radical (unpaired) electrons. The summed E-state index contributed by atoms with van der Waals surface area (Å²) in [6, 6.07) is 5.65. The summed E-state index contributed by atoms with van der Waals surface area (Å²) < 4.78 is 6.17. The van der Waals surface area contributed by atoms with Gasteiger partial charge in [-0.25, -0.2) is 4.98 Å². The van der Waals surface area contributed by atoms with Crippen molar-refractivity contribution >= 4 is 40.0 Å². The minimum Gasteiger partial charge on any atom is -0.467 e. The van der Waals surface area contributed by atoms with Crippen molar-refractivity contribution < 1.29 is 14.0 Å². The zero-order valence-electron chi connectivity index (χ0n) is 13.5. The quantitative estimate of drug-likeness (QED) is 0.778. The normalized spacial score (nSPS) is 16.9. The standard InChI is InChI=1S/C16H16N4O3S2/c1-10-15(24-6-4-17)25-16(18-10)19-14(22)11-7-13(21)20(8-11)9-12-3-2-5-23-12/h2-3,5,11H,6-9H2,1H3,(H,18,19,22). The minimum absolute atomic E-state index is 0.0582. The number of carbonyl (C=O) groups excluding carboxylic acids is 2. The summed E-state index contributed by atoms with van der Waals surface area (Å²) in [4.78, 5) is 30.5. The van der Waals surface area contributed by atoms with Crippen molar-refractivity contribution in [2.24, 2.45) is 5.92 Å². The zero-order chi connectivity index (χ0) is 17.8. The van der Waals surface area contributed by atoms with E-state index in [1.165, 1.54) is 23.1 Å². The second-order valence-electron chi connectivity index (χ2n) is 5.58. The number of rotatable bonds is 6. The number of hydrogen-bond donors (Lipinski definition) is 1. The van der Waals surface area contributed by atoms with Crippen LogP contribution in [-0.2, 0) is 16.1 Å². The third kappa shape index (κ3) is 4.21. The van der Waals surface area contributed by atoms with Gasteiger partial charge in [0, 0.05) is 13.0 Å². The molecule has 0 saturated carbocycles. The average Bonchev–Trinajstić information content (AvgIpc) is 3.28. The number of aryl methyl sites for hydroxylation is 1. The van der Waals surface area contributed by atoms with E-state index >= 15 is 0 Å². The van der Waals surface area contributed by atoms with Gasteiger partial charge in [-0.1, -0.05) is 23.1 Å². The van der Waals surface area contributed by atoms with E-state index in [9.17, 15) is 9.59 Å². The third-order valence-electron chi connectivity index (χ3n) is 3.76. The molecule has 2 aromatic rings. The lowest BCUT2D eigenvalue weighted by Crippen LogP contribution is -2.27. The van der Waals surface area contributed by atoms with Gasteiger partial charge in [0.1, 0.15) is 5.76 Å². The van der Waals surface area contributed by atoms with Crippen molar-refractivity contribution in [3.63, 3.8) is 0 Å². The summed E-state index contributed by atoms with van der Waals surface area (Å²) in [6.45, 7) is 2.59. The van der Waals surface area contributed by atoms with Gasteiger partial charge in [0.15, 0.2) is 5.13 Å². The molecule has 2 aromatic heterocycles. The van der Waals surface area contributed by atoms with E-state index in [2.05, 4.69) is 16.4 Å². The minimum atomic E-state index is -0.401. The van der Waals surface area contributed by atoms with E-state index < -0.39 is 5.92 Å². The van der Waals surface area contributed by atoms with Crippen LogP contribution in [0.3, 0.4) is 0 Å². The van der Waals surface area contributed by atoms with Crippen molar-refractivity contribution in [3.05, 3.63) is 29.9 Å². The van der Waals surface area contributed by atoms with Gasteiger partial charge in [0.05, 0.1) is 40.5 Å². The first-order chi connectivity index (χ1) is 12.1. The molecular weight excluding hydrogens is 360 g/mol. The molecule has 1 fully saturated rings. The largest absolute Gasteiger partial charge is 0.467 e. The van der Waals surface area contributed by atoms with Gasteiger partial charge in [-0.3, -0.25) is 9.59 Å². The van der Waals surface area contributed by atoms with Crippen LogP contribution in [0.1, 0.15) is 17.9 Å². The van der Waals surface area contributed by atoms with Crippen molar-refractivity contribution in [2.45, 2.75) is 24.1 Å². The molecule has 1 aliphatic rings. The lowest BCUT2D eigenvalue weighted by atomic mass is 10.1. The highest BCUT2D eigenvalue weighted by molar-refractivity contribution is 8.01. The number of nitriles is 1. The van der Waals surface area contributed by atoms with Crippen LogP contribution in [0.5, 0.6) is 0 Å². The number of likely N-dealkylation sites (tertiary alicyclic amines) is 1. The molecule has 1 N–H and O–H groups in total. The van der Waals surface area contributed by atoms with Crippen LogP contribution in [0.2, 0.25) is 0 Å². The summed E-state index contributed by atoms with van der Waals surface area (Å²) in [7, 11) is 0. The molecule has 0 bridgehead atoms. The molecule has 2 amide bonds. The van der Waals surface area contributed by atoms with Gasteiger partial charge >= 0.3 is 0 Å². The van der Waals surface area contributed by atoms with Crippen molar-refractivity contribution in [2.75, 3.05) is 17.6 Å². The number of carbonyl (C=O) groups is 2. The maximum atomic E-state index is 12.4. The summed E-state index contributed by atoms with van der Waals surface area (Å²) in [5.41, 5.74) is 0.794. The predicted molar refractivity (Wildman–Crippen MR) is 94.0 cm³/mol. The molecule has 9 heteroatoms. The molecule has 1 aliphatic heterocycles. The first kappa shape index (κ1) is 17.5. The van der Waals surface area contributed by atoms with Crippen molar-refractivity contribution in [3.8, 4) is 6.07 Å². The fraction of sp³-hybridized carbons (Fsp3) is 0.375. The number of thiazole rings is 1. The van der Waals surface area contributed by atoms with Crippen LogP contribution in [0.4, 0.5) is 5.13 Å². The molecule has 130 valence electrons. The first-order valence-electron chi connectivity index (χ1n) is 7.65. The SMILES string of the molecule is Cc1nc(NC(=O)C2CC(=O)N(Cc3ccco3)C2)sc1SCC#N. The van der Waals surface area contributed by atoms with E-state index in [4.69, 9.17) is 9.68 Å². The van der Waals surface area contributed by atoms with Crippen LogP contribution < -0.4 is 5.32 Å². The number of furan rings is 1. The number of thioether (sulfide) groups is 1. The highest BCUT2D eigenvalue weighted by atomic mass is 32.2. The van der Waals surface area contributed by atoms with Gasteiger partial charge in [-0.2, -0.15) is 5.26 Å². The molecule has 0 aromatic carbocycles. The fourth-order valence-corrected chi connectivity index (χ4v) is 4.37. The fourth-order valence-electron chi connectivity index (χ4n) is 2.57. The molecule has 1 saturated heterocycles. The van der Waals surface area contributed by atoms with Gasteiger partial charge in [0.2, 0.25) is 11.8 Å². The van der Waals surface area contributed by atoms with Crippen LogP contribution in [0, 0.1) is 24.2 Å². The number of nitrogens with zero attached hydrogens (tertiary/aromatic N) is 3. The lowest BCUT2D eigenvalue weighted by molar-refractivity contribution is -0.128. The van der Waals surface area contributed by atoms with Crippen LogP contribution in [0.25, 0.3) is 0 Å². The second-order valence-corrected chi connectivity index (χ2v) is 7.83. The zero-order valence-corrected chi connectivity index (χ0v) is 15.2. The highest BCUT2D eigenvalue weighted by Crippen LogP contribution is 2.32. The number of aromatic nitrogens is 1. The Labute approximate surface area is 153 Å². The molecule has 7 nitrogen and oxygen atoms in total. The maximum Gasteiger partial charge on any atom is 0.231 e. The van der Waals surface area contributed by atoms with Gasteiger partial charge in [-0.05, 0) is 19.1 Å². The molecule has 3 heterocycles. The second kappa shape index (κ2) is 7.72. The van der Waals surface area contributed by atoms with E-state index in [-0.39, 0.29) is 18.2 Å². The van der Waals surface area contributed by atoms with Gasteiger partial charge < -0.3 is 14.6 Å². The molecule has 1 unspecified atom stereocenters. The Hall–Kier alpha value is -2.31. The smallest absolute Gasteiger partial charge is 0.231 e. The van der Waals surface area contributed by atoms with Crippen molar-refractivity contribution in [1.82, 2.24) is 9.88 Å². The van der Waals surface area contributed by atoms with Gasteiger partial charge in [0.25, 0.3) is 0 Å². The molecule has 25 heavy (non-hydrogen) atoms. The number of hydrogen-bond acceptors (Lipinski definition) is 7. The van der Waals surface area contributed by atoms with E-state index in [1.807, 2.05) is 6.92 Å². The molecular formula is C16H16N4O3S2. The number of amides is 2. The monoisotopic (exact) mass is 376 g/mol. The molecule has 0 spiro atoms. The Kier molecular flexibility index (Phi) is 5.40. The Morgan fingerprint density at radius 3 is 3.20 bits per heavy atom. The van der Waals surface area contributed by atoms with Crippen LogP contribution >= 0.6 is 23.1 Å². The lowest BCUT2D eigenvalue weighted by Gasteiger charge is -2.14. The highest BCUT2D eigenvalue weighted by Gasteiger charge is 2.35. The maximum absolute atomic E-state index is 12.4. The molecule has 3 rings (SSSR count). The first-order valence-corrected chi connectivity index (χ1v) is 9.45. The Morgan fingerprint density at radius 1 is 1.64 bits per heavy atom.